The fourth-order valence-electron chi connectivity index (χ4n) is 2.55. The number of nitrogens with one attached hydrogen (secondary N) is 1. The highest BCUT2D eigenvalue weighted by molar-refractivity contribution is 6.32. The topological polar surface area (TPSA) is 24.5 Å². The van der Waals surface area contributed by atoms with Gasteiger partial charge in [0.1, 0.15) is 5.75 Å². The van der Waals surface area contributed by atoms with Crippen molar-refractivity contribution in [1.82, 2.24) is 10.2 Å². The highest BCUT2D eigenvalue weighted by Crippen LogP contribution is 2.36. The van der Waals surface area contributed by atoms with Crippen molar-refractivity contribution < 1.29 is 17.9 Å². The molecule has 3 nitrogen and oxygen atoms in total. The van der Waals surface area contributed by atoms with Crippen LogP contribution in [0.25, 0.3) is 0 Å². The van der Waals surface area contributed by atoms with Crippen LogP contribution in [0, 0.1) is 0 Å². The molecule has 118 valence electrons. The molecule has 7 heteroatoms. The van der Waals surface area contributed by atoms with Gasteiger partial charge in [-0.15, -0.1) is 0 Å². The van der Waals surface area contributed by atoms with Crippen LogP contribution in [0.15, 0.2) is 18.2 Å². The van der Waals surface area contributed by atoms with E-state index in [1.807, 2.05) is 4.90 Å². The van der Waals surface area contributed by atoms with Crippen LogP contribution in [-0.2, 0) is 0 Å². The van der Waals surface area contributed by atoms with Crippen LogP contribution < -0.4 is 10.1 Å². The molecule has 2 rings (SSSR count). The van der Waals surface area contributed by atoms with E-state index in [2.05, 4.69) is 5.32 Å². The summed E-state index contributed by atoms with van der Waals surface area (Å²) in [6.45, 7) is 2.57. The molecule has 0 radical (unpaired) electrons. The summed E-state index contributed by atoms with van der Waals surface area (Å²) in [4.78, 5) is 1.85. The summed E-state index contributed by atoms with van der Waals surface area (Å²) in [5.74, 6) is 0.400. The zero-order valence-electron chi connectivity index (χ0n) is 11.7. The number of rotatable bonds is 4. The number of benzene rings is 1. The first-order chi connectivity index (χ1) is 9.90. The van der Waals surface area contributed by atoms with E-state index in [0.717, 1.165) is 0 Å². The normalized spacial score (nSPS) is 18.5. The number of nitrogens with zero attached hydrogens (tertiary/aromatic N) is 1. The van der Waals surface area contributed by atoms with Gasteiger partial charge >= 0.3 is 6.18 Å². The highest BCUT2D eigenvalue weighted by Gasteiger charge is 2.36. The van der Waals surface area contributed by atoms with Gasteiger partial charge in [-0.25, -0.2) is 0 Å². The second-order valence-corrected chi connectivity index (χ2v) is 5.42. The van der Waals surface area contributed by atoms with Gasteiger partial charge in [0.05, 0.1) is 18.6 Å². The molecule has 1 N–H and O–H groups in total. The zero-order chi connectivity index (χ0) is 15.5. The van der Waals surface area contributed by atoms with E-state index in [4.69, 9.17) is 16.3 Å². The van der Waals surface area contributed by atoms with Gasteiger partial charge in [0.15, 0.2) is 0 Å². The summed E-state index contributed by atoms with van der Waals surface area (Å²) >= 11 is 5.95. The van der Waals surface area contributed by atoms with Gasteiger partial charge in [-0.1, -0.05) is 17.7 Å². The van der Waals surface area contributed by atoms with Gasteiger partial charge in [0, 0.05) is 32.2 Å². The Labute approximate surface area is 127 Å². The minimum absolute atomic E-state index is 0.396. The number of methoxy groups -OCH3 is 1. The molecule has 1 atom stereocenters. The maximum absolute atomic E-state index is 12.9. The second-order valence-electron chi connectivity index (χ2n) is 5.02. The molecule has 1 aromatic rings. The fraction of sp³-hybridized carbons (Fsp3) is 0.571. The van der Waals surface area contributed by atoms with Crippen molar-refractivity contribution in [3.8, 4) is 5.75 Å². The van der Waals surface area contributed by atoms with Crippen LogP contribution in [-0.4, -0.2) is 44.4 Å². The van der Waals surface area contributed by atoms with E-state index in [9.17, 15) is 13.2 Å². The number of hydrogen-bond donors (Lipinski definition) is 1. The van der Waals surface area contributed by atoms with Crippen molar-refractivity contribution in [1.29, 1.82) is 0 Å². The van der Waals surface area contributed by atoms with Crippen molar-refractivity contribution in [3.63, 3.8) is 0 Å². The molecule has 1 aliphatic rings. The van der Waals surface area contributed by atoms with E-state index in [0.29, 0.717) is 42.5 Å². The van der Waals surface area contributed by atoms with E-state index < -0.39 is 18.6 Å². The third kappa shape index (κ3) is 4.49. The Morgan fingerprint density at radius 2 is 2.00 bits per heavy atom. The molecule has 1 aliphatic heterocycles. The standard InChI is InChI=1S/C14H18ClF3N2O/c1-21-13-8-10(2-3-11(13)15)12(9-14(16,17)18)20-6-4-19-5-7-20/h2-3,8,12,19H,4-7,9H2,1H3/t12-/m0/s1. The second kappa shape index (κ2) is 6.85. The van der Waals surface area contributed by atoms with E-state index in [-0.39, 0.29) is 0 Å². The molecule has 0 spiro atoms. The summed E-state index contributed by atoms with van der Waals surface area (Å²) < 4.78 is 43.8. The zero-order valence-corrected chi connectivity index (χ0v) is 12.5. The first kappa shape index (κ1) is 16.4. The van der Waals surface area contributed by atoms with Crippen LogP contribution in [0.1, 0.15) is 18.0 Å². The molecule has 0 aliphatic carbocycles. The lowest BCUT2D eigenvalue weighted by Crippen LogP contribution is -2.46. The Bertz CT molecular complexity index is 476. The van der Waals surface area contributed by atoms with Crippen LogP contribution >= 0.6 is 11.6 Å². The monoisotopic (exact) mass is 322 g/mol. The van der Waals surface area contributed by atoms with Gasteiger partial charge in [-0.05, 0) is 17.7 Å². The predicted molar refractivity (Wildman–Crippen MR) is 75.9 cm³/mol. The van der Waals surface area contributed by atoms with Crippen LogP contribution in [0.4, 0.5) is 13.2 Å². The summed E-state index contributed by atoms with van der Waals surface area (Å²) in [6.07, 6.45) is -5.10. The quantitative estimate of drug-likeness (QED) is 0.921. The molecule has 0 aromatic heterocycles. The minimum atomic E-state index is -4.22. The average Bonchev–Trinajstić information content (AvgIpc) is 2.45. The summed E-state index contributed by atoms with van der Waals surface area (Å²) in [6, 6.07) is 4.11. The van der Waals surface area contributed by atoms with Crippen LogP contribution in [0.3, 0.4) is 0 Å². The lowest BCUT2D eigenvalue weighted by Gasteiger charge is -2.35. The summed E-state index contributed by atoms with van der Waals surface area (Å²) in [7, 11) is 1.45. The molecule has 1 saturated heterocycles. The van der Waals surface area contributed by atoms with Gasteiger partial charge in [-0.2, -0.15) is 13.2 Å². The average molecular weight is 323 g/mol. The number of alkyl halides is 3. The lowest BCUT2D eigenvalue weighted by molar-refractivity contribution is -0.148. The van der Waals surface area contributed by atoms with Crippen molar-refractivity contribution in [2.75, 3.05) is 33.3 Å². The Morgan fingerprint density at radius 1 is 1.33 bits per heavy atom. The molecule has 0 saturated carbocycles. The largest absolute Gasteiger partial charge is 0.495 e. The van der Waals surface area contributed by atoms with Crippen molar-refractivity contribution in [2.45, 2.75) is 18.6 Å². The molecule has 1 fully saturated rings. The molecule has 1 aromatic carbocycles. The van der Waals surface area contributed by atoms with E-state index in [1.54, 1.807) is 18.2 Å². The maximum atomic E-state index is 12.9. The van der Waals surface area contributed by atoms with E-state index in [1.165, 1.54) is 7.11 Å². The Morgan fingerprint density at radius 3 is 2.57 bits per heavy atom. The molecule has 1 heterocycles. The van der Waals surface area contributed by atoms with Gasteiger partial charge in [0.25, 0.3) is 0 Å². The van der Waals surface area contributed by atoms with Crippen molar-refractivity contribution in [2.24, 2.45) is 0 Å². The van der Waals surface area contributed by atoms with Crippen molar-refractivity contribution >= 4 is 11.6 Å². The fourth-order valence-corrected chi connectivity index (χ4v) is 2.75. The van der Waals surface area contributed by atoms with Crippen molar-refractivity contribution in [3.05, 3.63) is 28.8 Å². The first-order valence-corrected chi connectivity index (χ1v) is 7.13. The molecular formula is C14H18ClF3N2O. The van der Waals surface area contributed by atoms with Gasteiger partial charge < -0.3 is 10.1 Å². The SMILES string of the molecule is COc1cc([C@H](CC(F)(F)F)N2CCNCC2)ccc1Cl. The predicted octanol–water partition coefficient (Wildman–Crippen LogP) is 3.25. The summed E-state index contributed by atoms with van der Waals surface area (Å²) in [5.41, 5.74) is 0.579. The lowest BCUT2D eigenvalue weighted by atomic mass is 10.0. The third-order valence-corrected chi connectivity index (χ3v) is 3.89. The Hall–Kier alpha value is -0.980. The molecule has 0 bridgehead atoms. The molecule has 21 heavy (non-hydrogen) atoms. The van der Waals surface area contributed by atoms with Crippen LogP contribution in [0.5, 0.6) is 5.75 Å². The molecular weight excluding hydrogens is 305 g/mol. The maximum Gasteiger partial charge on any atom is 0.390 e. The first-order valence-electron chi connectivity index (χ1n) is 6.75. The third-order valence-electron chi connectivity index (χ3n) is 3.58. The number of piperazine rings is 1. The Kier molecular flexibility index (Phi) is 5.35. The minimum Gasteiger partial charge on any atom is -0.495 e. The number of ether oxygens (including phenoxy) is 1. The highest BCUT2D eigenvalue weighted by atomic mass is 35.5. The van der Waals surface area contributed by atoms with E-state index >= 15 is 0 Å². The summed E-state index contributed by atoms with van der Waals surface area (Å²) in [5, 5.41) is 3.54. The smallest absolute Gasteiger partial charge is 0.390 e. The molecule has 0 unspecified atom stereocenters. The number of halogens is 4. The van der Waals surface area contributed by atoms with Gasteiger partial charge in [0.2, 0.25) is 0 Å². The Balaban J connectivity index is 2.29. The van der Waals surface area contributed by atoms with Crippen LogP contribution in [0.2, 0.25) is 5.02 Å². The van der Waals surface area contributed by atoms with Gasteiger partial charge in [-0.3, -0.25) is 4.90 Å². The molecule has 0 amide bonds. The number of hydrogen-bond acceptors (Lipinski definition) is 3.